The molecule has 0 aliphatic carbocycles. The van der Waals surface area contributed by atoms with Crippen molar-refractivity contribution in [1.82, 2.24) is 14.6 Å². The number of hydrogen-bond acceptors (Lipinski definition) is 2. The predicted molar refractivity (Wildman–Crippen MR) is 56.7 cm³/mol. The second-order valence-electron chi connectivity index (χ2n) is 4.33. The molecular formula is C10H12ClN3. The summed E-state index contributed by atoms with van der Waals surface area (Å²) in [5.74, 6) is 0. The monoisotopic (exact) mass is 209 g/mol. The zero-order valence-corrected chi connectivity index (χ0v) is 9.21. The Bertz CT molecular complexity index is 468. The van der Waals surface area contributed by atoms with Crippen LogP contribution in [0.15, 0.2) is 18.5 Å². The lowest BCUT2D eigenvalue weighted by Crippen LogP contribution is -2.13. The fourth-order valence-corrected chi connectivity index (χ4v) is 1.78. The molecule has 0 aliphatic heterocycles. The van der Waals surface area contributed by atoms with Gasteiger partial charge in [0.1, 0.15) is 0 Å². The van der Waals surface area contributed by atoms with Crippen LogP contribution in [0.4, 0.5) is 0 Å². The predicted octanol–water partition coefficient (Wildman–Crippen LogP) is 2.68. The third-order valence-electron chi connectivity index (χ3n) is 2.15. The highest BCUT2D eigenvalue weighted by molar-refractivity contribution is 6.30. The molecule has 0 spiro atoms. The minimum absolute atomic E-state index is 0.00220. The molecule has 2 heterocycles. The highest BCUT2D eigenvalue weighted by Crippen LogP contribution is 2.28. The molecule has 0 atom stereocenters. The molecule has 4 heteroatoms. The van der Waals surface area contributed by atoms with Gasteiger partial charge in [-0.2, -0.15) is 5.10 Å². The summed E-state index contributed by atoms with van der Waals surface area (Å²) in [6.45, 7) is 6.32. The van der Waals surface area contributed by atoms with Gasteiger partial charge in [-0.3, -0.25) is 0 Å². The van der Waals surface area contributed by atoms with Crippen LogP contribution in [0, 0.1) is 0 Å². The van der Waals surface area contributed by atoms with Crippen molar-refractivity contribution >= 4 is 17.2 Å². The number of imidazole rings is 1. The number of nitrogens with zero attached hydrogens (tertiary/aromatic N) is 3. The largest absolute Gasteiger partial charge is 0.236 e. The average Bonchev–Trinajstić information content (AvgIpc) is 2.47. The summed E-state index contributed by atoms with van der Waals surface area (Å²) in [5.41, 5.74) is 1.86. The fourth-order valence-electron chi connectivity index (χ4n) is 1.36. The molecule has 0 N–H and O–H groups in total. The number of fused-ring (bicyclic) bond motifs is 1. The van der Waals surface area contributed by atoms with Gasteiger partial charge in [-0.1, -0.05) is 32.4 Å². The Kier molecular flexibility index (Phi) is 2.00. The van der Waals surface area contributed by atoms with Gasteiger partial charge in [0, 0.05) is 18.0 Å². The Morgan fingerprint density at radius 2 is 2.07 bits per heavy atom. The van der Waals surface area contributed by atoms with Crippen LogP contribution < -0.4 is 0 Å². The van der Waals surface area contributed by atoms with Crippen LogP contribution in [-0.2, 0) is 5.41 Å². The molecule has 2 aromatic rings. The van der Waals surface area contributed by atoms with Gasteiger partial charge in [-0.25, -0.2) is 9.50 Å². The van der Waals surface area contributed by atoms with E-state index in [1.807, 2.05) is 6.07 Å². The van der Waals surface area contributed by atoms with E-state index >= 15 is 0 Å². The fraction of sp³-hybridized carbons (Fsp3) is 0.400. The van der Waals surface area contributed by atoms with E-state index in [-0.39, 0.29) is 5.41 Å². The van der Waals surface area contributed by atoms with Crippen LogP contribution in [0.2, 0.25) is 5.15 Å². The quantitative estimate of drug-likeness (QED) is 0.668. The average molecular weight is 210 g/mol. The van der Waals surface area contributed by atoms with Gasteiger partial charge >= 0.3 is 0 Å². The van der Waals surface area contributed by atoms with Gasteiger partial charge in [-0.05, 0) is 11.5 Å². The van der Waals surface area contributed by atoms with Crippen LogP contribution in [0.1, 0.15) is 26.3 Å². The Morgan fingerprint density at radius 3 is 2.71 bits per heavy atom. The molecule has 14 heavy (non-hydrogen) atoms. The standard InChI is InChI=1S/C10H12ClN3/c1-10(2,3)7-6-8-12-4-5-14(8)13-9(7)11/h4-6H,1-3H3. The summed E-state index contributed by atoms with van der Waals surface area (Å²) >= 11 is 6.09. The van der Waals surface area contributed by atoms with Crippen LogP contribution in [0.25, 0.3) is 5.65 Å². The molecule has 3 nitrogen and oxygen atoms in total. The number of rotatable bonds is 0. The lowest BCUT2D eigenvalue weighted by Gasteiger charge is -2.19. The van der Waals surface area contributed by atoms with Crippen LogP contribution in [-0.4, -0.2) is 14.6 Å². The maximum absolute atomic E-state index is 6.09. The van der Waals surface area contributed by atoms with E-state index < -0.39 is 0 Å². The van der Waals surface area contributed by atoms with Crippen molar-refractivity contribution in [3.8, 4) is 0 Å². The van der Waals surface area contributed by atoms with Gasteiger partial charge in [0.05, 0.1) is 0 Å². The van der Waals surface area contributed by atoms with Gasteiger partial charge in [0.15, 0.2) is 10.8 Å². The molecule has 0 aromatic carbocycles. The minimum Gasteiger partial charge on any atom is -0.236 e. The number of hydrogen-bond donors (Lipinski definition) is 0. The molecule has 0 saturated carbocycles. The topological polar surface area (TPSA) is 30.2 Å². The molecule has 2 aromatic heterocycles. The van der Waals surface area contributed by atoms with Crippen molar-refractivity contribution < 1.29 is 0 Å². The first-order valence-corrected chi connectivity index (χ1v) is 4.86. The van der Waals surface area contributed by atoms with E-state index in [4.69, 9.17) is 11.6 Å². The molecule has 0 amide bonds. The van der Waals surface area contributed by atoms with Gasteiger partial charge in [0.2, 0.25) is 0 Å². The normalized spacial score (nSPS) is 12.3. The van der Waals surface area contributed by atoms with Gasteiger partial charge < -0.3 is 0 Å². The highest BCUT2D eigenvalue weighted by atomic mass is 35.5. The third-order valence-corrected chi connectivity index (χ3v) is 2.43. The summed E-state index contributed by atoms with van der Waals surface area (Å²) in [6, 6.07) is 1.98. The second-order valence-corrected chi connectivity index (χ2v) is 4.69. The Morgan fingerprint density at radius 1 is 1.36 bits per heavy atom. The summed E-state index contributed by atoms with van der Waals surface area (Å²) in [4.78, 5) is 4.18. The van der Waals surface area contributed by atoms with E-state index in [1.54, 1.807) is 16.9 Å². The van der Waals surface area contributed by atoms with Crippen molar-refractivity contribution in [3.05, 3.63) is 29.2 Å². The lowest BCUT2D eigenvalue weighted by atomic mass is 9.88. The van der Waals surface area contributed by atoms with Crippen molar-refractivity contribution in [2.75, 3.05) is 0 Å². The molecule has 0 fully saturated rings. The van der Waals surface area contributed by atoms with Gasteiger partial charge in [-0.15, -0.1) is 0 Å². The smallest absolute Gasteiger partial charge is 0.153 e. The van der Waals surface area contributed by atoms with E-state index in [2.05, 4.69) is 30.9 Å². The Balaban J connectivity index is 2.71. The zero-order valence-electron chi connectivity index (χ0n) is 8.45. The van der Waals surface area contributed by atoms with Crippen LogP contribution >= 0.6 is 11.6 Å². The first-order chi connectivity index (χ1) is 6.48. The maximum Gasteiger partial charge on any atom is 0.153 e. The second kappa shape index (κ2) is 2.95. The SMILES string of the molecule is CC(C)(C)c1cc2nccn2nc1Cl. The number of halogens is 1. The molecule has 0 saturated heterocycles. The summed E-state index contributed by atoms with van der Waals surface area (Å²) in [6.07, 6.45) is 3.50. The summed E-state index contributed by atoms with van der Waals surface area (Å²) in [5, 5.41) is 4.77. The van der Waals surface area contributed by atoms with E-state index in [9.17, 15) is 0 Å². The summed E-state index contributed by atoms with van der Waals surface area (Å²) in [7, 11) is 0. The molecule has 0 aliphatic rings. The van der Waals surface area contributed by atoms with Crippen LogP contribution in [0.5, 0.6) is 0 Å². The van der Waals surface area contributed by atoms with Crippen LogP contribution in [0.3, 0.4) is 0 Å². The van der Waals surface area contributed by atoms with E-state index in [0.717, 1.165) is 11.2 Å². The first-order valence-electron chi connectivity index (χ1n) is 4.49. The van der Waals surface area contributed by atoms with Crippen molar-refractivity contribution in [2.24, 2.45) is 0 Å². The zero-order chi connectivity index (χ0) is 10.3. The van der Waals surface area contributed by atoms with Gasteiger partial charge in [0.25, 0.3) is 0 Å². The molecule has 74 valence electrons. The first kappa shape index (κ1) is 9.46. The maximum atomic E-state index is 6.09. The molecule has 0 radical (unpaired) electrons. The van der Waals surface area contributed by atoms with Crippen molar-refractivity contribution in [1.29, 1.82) is 0 Å². The molecule has 0 bridgehead atoms. The molecule has 2 rings (SSSR count). The number of aromatic nitrogens is 3. The van der Waals surface area contributed by atoms with Crippen molar-refractivity contribution in [3.63, 3.8) is 0 Å². The van der Waals surface area contributed by atoms with E-state index in [0.29, 0.717) is 5.15 Å². The highest BCUT2D eigenvalue weighted by Gasteiger charge is 2.19. The molecule has 0 unspecified atom stereocenters. The Labute approximate surface area is 87.7 Å². The molecular weight excluding hydrogens is 198 g/mol. The summed E-state index contributed by atoms with van der Waals surface area (Å²) < 4.78 is 1.68. The third kappa shape index (κ3) is 1.48. The Hall–Kier alpha value is -1.09. The minimum atomic E-state index is -0.00220. The van der Waals surface area contributed by atoms with E-state index in [1.165, 1.54) is 0 Å². The lowest BCUT2D eigenvalue weighted by molar-refractivity contribution is 0.585. The van der Waals surface area contributed by atoms with Crippen molar-refractivity contribution in [2.45, 2.75) is 26.2 Å².